The molecule has 1 aliphatic heterocycles. The number of halogens is 1. The van der Waals surface area contributed by atoms with Crippen LogP contribution in [-0.2, 0) is 5.41 Å². The molecule has 0 saturated carbocycles. The Balaban J connectivity index is 1.73. The first-order valence-corrected chi connectivity index (χ1v) is 9.00. The SMILES string of the molecule is CC(C)C1(O)CN(c2cc(Oc3ccc(C(C)(C)C)c(F)c3)ccn2)C1. The molecule has 1 N–H and O–H groups in total. The summed E-state index contributed by atoms with van der Waals surface area (Å²) in [6.45, 7) is 11.1. The van der Waals surface area contributed by atoms with E-state index in [0.29, 0.717) is 30.2 Å². The summed E-state index contributed by atoms with van der Waals surface area (Å²) in [5.41, 5.74) is -0.254. The highest BCUT2D eigenvalue weighted by Gasteiger charge is 2.44. The number of pyridine rings is 1. The molecule has 4 nitrogen and oxygen atoms in total. The van der Waals surface area contributed by atoms with Crippen molar-refractivity contribution in [2.75, 3.05) is 18.0 Å². The molecule has 0 atom stereocenters. The van der Waals surface area contributed by atoms with E-state index in [1.165, 1.54) is 6.07 Å². The van der Waals surface area contributed by atoms with Crippen molar-refractivity contribution in [3.63, 3.8) is 0 Å². The molecule has 2 aromatic rings. The molecule has 26 heavy (non-hydrogen) atoms. The van der Waals surface area contributed by atoms with E-state index in [1.807, 2.05) is 45.6 Å². The number of aromatic nitrogens is 1. The lowest BCUT2D eigenvalue weighted by atomic mass is 9.83. The van der Waals surface area contributed by atoms with Crippen LogP contribution in [-0.4, -0.2) is 28.8 Å². The second-order valence-electron chi connectivity index (χ2n) is 8.46. The number of hydrogen-bond acceptors (Lipinski definition) is 4. The first kappa shape index (κ1) is 18.6. The molecule has 1 fully saturated rings. The number of anilines is 1. The second-order valence-corrected chi connectivity index (χ2v) is 8.46. The number of hydrogen-bond donors (Lipinski definition) is 1. The fourth-order valence-electron chi connectivity index (χ4n) is 3.08. The monoisotopic (exact) mass is 358 g/mol. The summed E-state index contributed by atoms with van der Waals surface area (Å²) in [4.78, 5) is 6.36. The summed E-state index contributed by atoms with van der Waals surface area (Å²) in [6, 6.07) is 8.53. The third-order valence-electron chi connectivity index (χ3n) is 5.03. The Bertz CT molecular complexity index is 793. The van der Waals surface area contributed by atoms with E-state index in [-0.39, 0.29) is 17.2 Å². The third kappa shape index (κ3) is 3.68. The molecule has 0 radical (unpaired) electrons. The molecule has 2 heterocycles. The fraction of sp³-hybridized carbons (Fsp3) is 0.476. The van der Waals surface area contributed by atoms with Gasteiger partial charge in [0.2, 0.25) is 0 Å². The van der Waals surface area contributed by atoms with Gasteiger partial charge in [0.25, 0.3) is 0 Å². The summed E-state index contributed by atoms with van der Waals surface area (Å²) in [7, 11) is 0. The van der Waals surface area contributed by atoms with Crippen molar-refractivity contribution in [2.24, 2.45) is 5.92 Å². The van der Waals surface area contributed by atoms with E-state index in [4.69, 9.17) is 4.74 Å². The highest BCUT2D eigenvalue weighted by Crippen LogP contribution is 2.34. The first-order chi connectivity index (χ1) is 12.1. The minimum atomic E-state index is -0.662. The van der Waals surface area contributed by atoms with Crippen LogP contribution < -0.4 is 9.64 Å². The highest BCUT2D eigenvalue weighted by molar-refractivity contribution is 5.49. The van der Waals surface area contributed by atoms with Gasteiger partial charge in [-0.15, -0.1) is 0 Å². The van der Waals surface area contributed by atoms with E-state index in [1.54, 1.807) is 24.4 Å². The molecule has 3 rings (SSSR count). The van der Waals surface area contributed by atoms with Crippen LogP contribution in [0.25, 0.3) is 0 Å². The second kappa shape index (κ2) is 6.54. The molecule has 1 aliphatic rings. The average Bonchev–Trinajstić information content (AvgIpc) is 2.50. The maximum atomic E-state index is 14.4. The Morgan fingerprint density at radius 2 is 1.81 bits per heavy atom. The number of nitrogens with zero attached hydrogens (tertiary/aromatic N) is 2. The predicted molar refractivity (Wildman–Crippen MR) is 101 cm³/mol. The maximum absolute atomic E-state index is 14.4. The van der Waals surface area contributed by atoms with Crippen molar-refractivity contribution >= 4 is 5.82 Å². The van der Waals surface area contributed by atoms with Crippen LogP contribution in [0.4, 0.5) is 10.2 Å². The highest BCUT2D eigenvalue weighted by atomic mass is 19.1. The van der Waals surface area contributed by atoms with Crippen molar-refractivity contribution in [3.8, 4) is 11.5 Å². The van der Waals surface area contributed by atoms with Crippen LogP contribution in [0.3, 0.4) is 0 Å². The van der Waals surface area contributed by atoms with Gasteiger partial charge in [-0.1, -0.05) is 40.7 Å². The number of rotatable bonds is 4. The standard InChI is InChI=1S/C21H27FN2O2/c1-14(2)21(25)12-24(13-21)19-11-16(8-9-23-19)26-15-6-7-17(18(22)10-15)20(3,4)5/h6-11,14,25H,12-13H2,1-5H3. The number of β-amino-alcohol motifs (C(OH)–C–C–N with tert-alkyl or cyclic N) is 1. The van der Waals surface area contributed by atoms with Crippen molar-refractivity contribution in [3.05, 3.63) is 47.9 Å². The van der Waals surface area contributed by atoms with E-state index < -0.39 is 5.60 Å². The minimum Gasteiger partial charge on any atom is -0.457 e. The van der Waals surface area contributed by atoms with Crippen LogP contribution in [0, 0.1) is 11.7 Å². The van der Waals surface area contributed by atoms with Crippen molar-refractivity contribution in [1.82, 2.24) is 4.98 Å². The fourth-order valence-corrected chi connectivity index (χ4v) is 3.08. The van der Waals surface area contributed by atoms with Gasteiger partial charge in [-0.25, -0.2) is 9.37 Å². The number of benzene rings is 1. The Morgan fingerprint density at radius 1 is 1.15 bits per heavy atom. The van der Waals surface area contributed by atoms with Gasteiger partial charge in [-0.2, -0.15) is 0 Å². The molecule has 5 heteroatoms. The molecular weight excluding hydrogens is 331 g/mol. The van der Waals surface area contributed by atoms with Gasteiger partial charge in [0.1, 0.15) is 28.7 Å². The molecule has 0 bridgehead atoms. The zero-order valence-electron chi connectivity index (χ0n) is 16.1. The lowest BCUT2D eigenvalue weighted by Crippen LogP contribution is -2.65. The van der Waals surface area contributed by atoms with E-state index in [0.717, 1.165) is 5.82 Å². The molecule has 1 saturated heterocycles. The van der Waals surface area contributed by atoms with Gasteiger partial charge in [-0.05, 0) is 29.0 Å². The zero-order chi connectivity index (χ0) is 19.1. The van der Waals surface area contributed by atoms with Gasteiger partial charge in [-0.3, -0.25) is 0 Å². The minimum absolute atomic E-state index is 0.197. The summed E-state index contributed by atoms with van der Waals surface area (Å²) in [5.74, 6) is 1.73. The van der Waals surface area contributed by atoms with Crippen LogP contribution in [0.1, 0.15) is 40.2 Å². The first-order valence-electron chi connectivity index (χ1n) is 9.00. The van der Waals surface area contributed by atoms with Crippen LogP contribution in [0.5, 0.6) is 11.5 Å². The summed E-state index contributed by atoms with van der Waals surface area (Å²) in [5, 5.41) is 10.4. The van der Waals surface area contributed by atoms with Crippen molar-refractivity contribution < 1.29 is 14.2 Å². The lowest BCUT2D eigenvalue weighted by Gasteiger charge is -2.49. The summed E-state index contributed by atoms with van der Waals surface area (Å²) in [6.07, 6.45) is 1.66. The van der Waals surface area contributed by atoms with E-state index in [2.05, 4.69) is 4.98 Å². The van der Waals surface area contributed by atoms with E-state index >= 15 is 0 Å². The largest absolute Gasteiger partial charge is 0.457 e. The summed E-state index contributed by atoms with van der Waals surface area (Å²) < 4.78 is 20.2. The quantitative estimate of drug-likeness (QED) is 0.873. The van der Waals surface area contributed by atoms with Gasteiger partial charge < -0.3 is 14.7 Å². The maximum Gasteiger partial charge on any atom is 0.132 e. The molecule has 0 aliphatic carbocycles. The predicted octanol–water partition coefficient (Wildman–Crippen LogP) is 4.52. The number of aliphatic hydroxyl groups is 1. The van der Waals surface area contributed by atoms with Gasteiger partial charge in [0.05, 0.1) is 13.1 Å². The zero-order valence-corrected chi connectivity index (χ0v) is 16.1. The molecular formula is C21H27FN2O2. The molecule has 0 spiro atoms. The van der Waals surface area contributed by atoms with Crippen LogP contribution >= 0.6 is 0 Å². The molecule has 0 unspecified atom stereocenters. The van der Waals surface area contributed by atoms with Crippen molar-refractivity contribution in [1.29, 1.82) is 0 Å². The summed E-state index contributed by atoms with van der Waals surface area (Å²) >= 11 is 0. The van der Waals surface area contributed by atoms with Crippen LogP contribution in [0.15, 0.2) is 36.5 Å². The third-order valence-corrected chi connectivity index (χ3v) is 5.03. The van der Waals surface area contributed by atoms with Gasteiger partial charge in [0.15, 0.2) is 0 Å². The Hall–Kier alpha value is -2.14. The normalized spacial score (nSPS) is 16.5. The van der Waals surface area contributed by atoms with Gasteiger partial charge in [0, 0.05) is 18.3 Å². The average molecular weight is 358 g/mol. The van der Waals surface area contributed by atoms with E-state index in [9.17, 15) is 9.50 Å². The Kier molecular flexibility index (Phi) is 4.69. The lowest BCUT2D eigenvalue weighted by molar-refractivity contribution is -0.0304. The molecule has 1 aromatic heterocycles. The van der Waals surface area contributed by atoms with Crippen LogP contribution in [0.2, 0.25) is 0 Å². The molecule has 140 valence electrons. The van der Waals surface area contributed by atoms with Gasteiger partial charge >= 0.3 is 0 Å². The topological polar surface area (TPSA) is 45.6 Å². The van der Waals surface area contributed by atoms with Crippen molar-refractivity contribution in [2.45, 2.75) is 45.6 Å². The molecule has 0 amide bonds. The Morgan fingerprint density at radius 3 is 2.38 bits per heavy atom. The smallest absolute Gasteiger partial charge is 0.132 e. The number of ether oxygens (including phenoxy) is 1. The molecule has 1 aromatic carbocycles. The Labute approximate surface area is 154 Å².